The number of carboxylic acids is 1. The molecule has 2 aromatic rings. The minimum atomic E-state index is -1.90. The Hall–Kier alpha value is -3.01. The van der Waals surface area contributed by atoms with E-state index < -0.39 is 23.1 Å². The second kappa shape index (κ2) is 6.43. The lowest BCUT2D eigenvalue weighted by Crippen LogP contribution is -2.34. The lowest BCUT2D eigenvalue weighted by Gasteiger charge is -2.07. The molecule has 0 spiro atoms. The van der Waals surface area contributed by atoms with Gasteiger partial charge < -0.3 is 9.90 Å². The number of benzene rings is 2. The molecule has 4 nitrogen and oxygen atoms in total. The first kappa shape index (κ1) is 14.4. The number of rotatable bonds is 5. The summed E-state index contributed by atoms with van der Waals surface area (Å²) in [5, 5.41) is 10.8. The highest BCUT2D eigenvalue weighted by molar-refractivity contribution is 6.49. The number of hydrogen-bond acceptors (Lipinski definition) is 4. The molecule has 2 rings (SSSR count). The number of carbonyl (C=O) groups is 3. The molecule has 0 aromatic heterocycles. The van der Waals surface area contributed by atoms with Gasteiger partial charge in [-0.1, -0.05) is 60.7 Å². The lowest BCUT2D eigenvalue weighted by molar-refractivity contribution is -0.299. The third kappa shape index (κ3) is 3.51. The molecule has 104 valence electrons. The highest BCUT2D eigenvalue weighted by atomic mass is 16.4. The Bertz CT molecular complexity index is 700. The molecule has 0 saturated carbocycles. The predicted molar refractivity (Wildman–Crippen MR) is 75.2 cm³/mol. The summed E-state index contributed by atoms with van der Waals surface area (Å²) in [6.07, 6.45) is 1.26. The van der Waals surface area contributed by atoms with Crippen LogP contribution in [0.2, 0.25) is 0 Å². The van der Waals surface area contributed by atoms with E-state index in [0.717, 1.165) is 0 Å². The molecule has 0 N–H and O–H groups in total. The Balaban J connectivity index is 2.47. The van der Waals surface area contributed by atoms with E-state index in [1.54, 1.807) is 48.5 Å². The molecule has 0 aliphatic heterocycles. The summed E-state index contributed by atoms with van der Waals surface area (Å²) in [5.74, 6) is -3.87. The van der Waals surface area contributed by atoms with Crippen molar-refractivity contribution in [3.63, 3.8) is 0 Å². The van der Waals surface area contributed by atoms with Crippen LogP contribution in [0.25, 0.3) is 6.08 Å². The van der Waals surface area contributed by atoms with Crippen molar-refractivity contribution >= 4 is 23.6 Å². The van der Waals surface area contributed by atoms with Crippen molar-refractivity contribution in [2.75, 3.05) is 0 Å². The van der Waals surface area contributed by atoms with Gasteiger partial charge in [0.25, 0.3) is 0 Å². The highest BCUT2D eigenvalue weighted by Gasteiger charge is 2.20. The van der Waals surface area contributed by atoms with E-state index in [-0.39, 0.29) is 5.56 Å². The van der Waals surface area contributed by atoms with Crippen LogP contribution in [0.4, 0.5) is 0 Å². The Morgan fingerprint density at radius 1 is 0.810 bits per heavy atom. The summed E-state index contributed by atoms with van der Waals surface area (Å²) >= 11 is 0. The highest BCUT2D eigenvalue weighted by Crippen LogP contribution is 2.14. The average Bonchev–Trinajstić information content (AvgIpc) is 2.53. The summed E-state index contributed by atoms with van der Waals surface area (Å²) in [4.78, 5) is 34.8. The van der Waals surface area contributed by atoms with Crippen LogP contribution >= 0.6 is 0 Å². The molecule has 0 saturated heterocycles. The Morgan fingerprint density at radius 2 is 1.33 bits per heavy atom. The van der Waals surface area contributed by atoms with Crippen LogP contribution in [0.1, 0.15) is 15.9 Å². The fourth-order valence-corrected chi connectivity index (χ4v) is 1.81. The number of carbonyl (C=O) groups excluding carboxylic acids is 3. The maximum Gasteiger partial charge on any atom is 0.212 e. The van der Waals surface area contributed by atoms with E-state index >= 15 is 0 Å². The fourth-order valence-electron chi connectivity index (χ4n) is 1.81. The third-order valence-electron chi connectivity index (χ3n) is 2.82. The van der Waals surface area contributed by atoms with E-state index in [4.69, 9.17) is 0 Å². The van der Waals surface area contributed by atoms with Gasteiger partial charge in [0.15, 0.2) is 5.78 Å². The van der Waals surface area contributed by atoms with Crippen LogP contribution in [0, 0.1) is 0 Å². The van der Waals surface area contributed by atoms with Gasteiger partial charge in [-0.15, -0.1) is 0 Å². The minimum Gasteiger partial charge on any atom is -0.541 e. The van der Waals surface area contributed by atoms with Gasteiger partial charge in [0.1, 0.15) is 5.97 Å². The molecular weight excluding hydrogens is 268 g/mol. The maximum absolute atomic E-state index is 12.3. The van der Waals surface area contributed by atoms with Crippen molar-refractivity contribution in [1.82, 2.24) is 0 Å². The van der Waals surface area contributed by atoms with E-state index in [1.165, 1.54) is 18.2 Å². The summed E-state index contributed by atoms with van der Waals surface area (Å²) in [6, 6.07) is 16.6. The molecule has 0 bridgehead atoms. The average molecular weight is 279 g/mol. The standard InChI is InChI=1S/C17H12O4/c18-15(13-9-5-2-6-10-13)14(16(19)17(20)21)11-12-7-3-1-4-8-12/h1-11H,(H,20,21)/p-1/b14-11+. The zero-order chi connectivity index (χ0) is 15.2. The molecule has 0 unspecified atom stereocenters. The molecule has 2 aromatic carbocycles. The fraction of sp³-hybridized carbons (Fsp3) is 0. The molecule has 0 atom stereocenters. The summed E-state index contributed by atoms with van der Waals surface area (Å²) < 4.78 is 0. The van der Waals surface area contributed by atoms with Gasteiger partial charge in [-0.2, -0.15) is 0 Å². The van der Waals surface area contributed by atoms with E-state index in [1.807, 2.05) is 0 Å². The monoisotopic (exact) mass is 279 g/mol. The molecule has 0 heterocycles. The number of Topliss-reactive ketones (excluding diaryl/α,β-unsaturated/α-hetero) is 2. The lowest BCUT2D eigenvalue weighted by atomic mass is 9.97. The van der Waals surface area contributed by atoms with Crippen LogP contribution in [0.5, 0.6) is 0 Å². The smallest absolute Gasteiger partial charge is 0.212 e. The van der Waals surface area contributed by atoms with Crippen molar-refractivity contribution < 1.29 is 19.5 Å². The normalized spacial score (nSPS) is 11.0. The van der Waals surface area contributed by atoms with Crippen molar-refractivity contribution in [2.45, 2.75) is 0 Å². The first-order chi connectivity index (χ1) is 10.1. The Kier molecular flexibility index (Phi) is 4.41. The SMILES string of the molecule is O=C([O-])C(=O)/C(=C/c1ccccc1)C(=O)c1ccccc1. The molecule has 0 radical (unpaired) electrons. The summed E-state index contributed by atoms with van der Waals surface area (Å²) in [5.41, 5.74) is 0.382. The number of hydrogen-bond donors (Lipinski definition) is 0. The molecule has 0 fully saturated rings. The van der Waals surface area contributed by atoms with E-state index in [9.17, 15) is 19.5 Å². The topological polar surface area (TPSA) is 74.3 Å². The number of carboxylic acid groups (broad SMARTS) is 1. The predicted octanol–water partition coefficient (Wildman–Crippen LogP) is 1.27. The van der Waals surface area contributed by atoms with Gasteiger partial charge in [0, 0.05) is 5.56 Å². The quantitative estimate of drug-likeness (QED) is 0.271. The maximum atomic E-state index is 12.3. The van der Waals surface area contributed by atoms with E-state index in [2.05, 4.69) is 0 Å². The molecule has 0 aliphatic rings. The molecule has 0 aliphatic carbocycles. The largest absolute Gasteiger partial charge is 0.541 e. The van der Waals surface area contributed by atoms with Gasteiger partial charge in [-0.3, -0.25) is 9.59 Å². The Morgan fingerprint density at radius 3 is 1.86 bits per heavy atom. The first-order valence-corrected chi connectivity index (χ1v) is 6.22. The van der Waals surface area contributed by atoms with Crippen LogP contribution in [-0.2, 0) is 9.59 Å². The van der Waals surface area contributed by atoms with Crippen molar-refractivity contribution in [2.24, 2.45) is 0 Å². The second-order valence-corrected chi connectivity index (χ2v) is 4.28. The number of ketones is 2. The first-order valence-electron chi connectivity index (χ1n) is 6.22. The van der Waals surface area contributed by atoms with Crippen LogP contribution in [-0.4, -0.2) is 17.5 Å². The van der Waals surface area contributed by atoms with Crippen molar-refractivity contribution in [3.8, 4) is 0 Å². The summed E-state index contributed by atoms with van der Waals surface area (Å²) in [6.45, 7) is 0. The minimum absolute atomic E-state index is 0.245. The van der Waals surface area contributed by atoms with Crippen molar-refractivity contribution in [1.29, 1.82) is 0 Å². The zero-order valence-corrected chi connectivity index (χ0v) is 11.0. The van der Waals surface area contributed by atoms with Gasteiger partial charge in [0.2, 0.25) is 5.78 Å². The third-order valence-corrected chi connectivity index (χ3v) is 2.82. The van der Waals surface area contributed by atoms with Crippen molar-refractivity contribution in [3.05, 3.63) is 77.4 Å². The van der Waals surface area contributed by atoms with E-state index in [0.29, 0.717) is 5.56 Å². The molecule has 4 heteroatoms. The Labute approximate surface area is 121 Å². The molecular formula is C17H11O4-. The second-order valence-electron chi connectivity index (χ2n) is 4.28. The summed E-state index contributed by atoms with van der Waals surface area (Å²) in [7, 11) is 0. The van der Waals surface area contributed by atoms with Crippen LogP contribution in [0.3, 0.4) is 0 Å². The van der Waals surface area contributed by atoms with Crippen LogP contribution in [0.15, 0.2) is 66.2 Å². The molecule has 21 heavy (non-hydrogen) atoms. The van der Waals surface area contributed by atoms with Crippen LogP contribution < -0.4 is 5.11 Å². The zero-order valence-electron chi connectivity index (χ0n) is 11.0. The van der Waals surface area contributed by atoms with Gasteiger partial charge in [-0.25, -0.2) is 0 Å². The number of aliphatic carboxylic acids is 1. The van der Waals surface area contributed by atoms with Gasteiger partial charge in [0.05, 0.1) is 5.57 Å². The van der Waals surface area contributed by atoms with Gasteiger partial charge >= 0.3 is 0 Å². The van der Waals surface area contributed by atoms with Gasteiger partial charge in [-0.05, 0) is 11.6 Å². The molecule has 0 amide bonds.